The zero-order valence-electron chi connectivity index (χ0n) is 14.6. The van der Waals surface area contributed by atoms with E-state index in [0.29, 0.717) is 18.8 Å². The highest BCUT2D eigenvalue weighted by atomic mass is 32.2. The molecule has 8 heteroatoms. The average molecular weight is 366 g/mol. The number of nitrogens with zero attached hydrogens (tertiary/aromatic N) is 2. The van der Waals surface area contributed by atoms with Crippen LogP contribution in [-0.2, 0) is 14.8 Å². The number of hydrogen-bond donors (Lipinski definition) is 2. The van der Waals surface area contributed by atoms with Crippen molar-refractivity contribution in [2.24, 2.45) is 0 Å². The molecule has 0 spiro atoms. The Kier molecular flexibility index (Phi) is 5.73. The number of nitrogens with one attached hydrogen (secondary N) is 2. The SMILES string of the molecule is CN1CCCN(S(=O)(=O)c2cccc(NC(=O)C3CCCN3)c2)CC1. The van der Waals surface area contributed by atoms with Crippen LogP contribution in [0.25, 0.3) is 0 Å². The molecule has 2 fully saturated rings. The van der Waals surface area contributed by atoms with E-state index in [1.54, 1.807) is 24.3 Å². The van der Waals surface area contributed by atoms with Gasteiger partial charge in [-0.1, -0.05) is 6.07 Å². The zero-order valence-corrected chi connectivity index (χ0v) is 15.4. The average Bonchev–Trinajstić information content (AvgIpc) is 3.04. The Morgan fingerprint density at radius 1 is 1.20 bits per heavy atom. The van der Waals surface area contributed by atoms with Crippen molar-refractivity contribution in [3.63, 3.8) is 0 Å². The minimum atomic E-state index is -3.55. The number of carbonyl (C=O) groups excluding carboxylic acids is 1. The summed E-state index contributed by atoms with van der Waals surface area (Å²) in [6, 6.07) is 6.35. The van der Waals surface area contributed by atoms with Gasteiger partial charge >= 0.3 is 0 Å². The van der Waals surface area contributed by atoms with Gasteiger partial charge in [0.25, 0.3) is 0 Å². The molecule has 1 atom stereocenters. The molecule has 1 aromatic rings. The van der Waals surface area contributed by atoms with Crippen LogP contribution in [0.15, 0.2) is 29.2 Å². The van der Waals surface area contributed by atoms with Crippen LogP contribution in [-0.4, -0.2) is 69.3 Å². The van der Waals surface area contributed by atoms with E-state index in [1.807, 2.05) is 7.05 Å². The predicted molar refractivity (Wildman–Crippen MR) is 97.0 cm³/mol. The minimum Gasteiger partial charge on any atom is -0.325 e. The molecule has 3 rings (SSSR count). The monoisotopic (exact) mass is 366 g/mol. The second-order valence-corrected chi connectivity index (χ2v) is 8.66. The van der Waals surface area contributed by atoms with Crippen molar-refractivity contribution in [1.29, 1.82) is 0 Å². The molecule has 2 aliphatic heterocycles. The third kappa shape index (κ3) is 4.38. The van der Waals surface area contributed by atoms with Crippen LogP contribution >= 0.6 is 0 Å². The lowest BCUT2D eigenvalue weighted by molar-refractivity contribution is -0.117. The van der Waals surface area contributed by atoms with Gasteiger partial charge in [-0.2, -0.15) is 4.31 Å². The number of sulfonamides is 1. The van der Waals surface area contributed by atoms with E-state index in [0.717, 1.165) is 38.9 Å². The van der Waals surface area contributed by atoms with Gasteiger partial charge in [-0.3, -0.25) is 4.79 Å². The van der Waals surface area contributed by atoms with Crippen molar-refractivity contribution in [2.75, 3.05) is 45.1 Å². The Morgan fingerprint density at radius 3 is 2.80 bits per heavy atom. The summed E-state index contributed by atoms with van der Waals surface area (Å²) in [5.41, 5.74) is 0.520. The molecule has 1 aromatic carbocycles. The molecule has 2 saturated heterocycles. The van der Waals surface area contributed by atoms with Crippen molar-refractivity contribution < 1.29 is 13.2 Å². The summed E-state index contributed by atoms with van der Waals surface area (Å²) >= 11 is 0. The molecule has 0 radical (unpaired) electrons. The number of benzene rings is 1. The lowest BCUT2D eigenvalue weighted by Gasteiger charge is -2.20. The standard InChI is InChI=1S/C17H26N4O3S/c1-20-9-4-10-21(12-11-20)25(23,24)15-6-2-5-14(13-15)19-17(22)16-7-3-8-18-16/h2,5-6,13,16,18H,3-4,7-12H2,1H3,(H,19,22). The van der Waals surface area contributed by atoms with E-state index >= 15 is 0 Å². The van der Waals surface area contributed by atoms with Crippen LogP contribution in [0.5, 0.6) is 0 Å². The quantitative estimate of drug-likeness (QED) is 0.820. The highest BCUT2D eigenvalue weighted by molar-refractivity contribution is 7.89. The van der Waals surface area contributed by atoms with Gasteiger partial charge in [0.1, 0.15) is 0 Å². The molecule has 0 bridgehead atoms. The summed E-state index contributed by atoms with van der Waals surface area (Å²) in [5.74, 6) is -0.108. The van der Waals surface area contributed by atoms with Crippen LogP contribution in [0.2, 0.25) is 0 Å². The van der Waals surface area contributed by atoms with Crippen LogP contribution in [0.3, 0.4) is 0 Å². The minimum absolute atomic E-state index is 0.108. The molecule has 0 aromatic heterocycles. The Morgan fingerprint density at radius 2 is 2.04 bits per heavy atom. The van der Waals surface area contributed by atoms with Gasteiger partial charge in [0.15, 0.2) is 0 Å². The van der Waals surface area contributed by atoms with E-state index in [4.69, 9.17) is 0 Å². The van der Waals surface area contributed by atoms with Crippen molar-refractivity contribution in [3.8, 4) is 0 Å². The first kappa shape index (κ1) is 18.3. The van der Waals surface area contributed by atoms with Crippen molar-refractivity contribution >= 4 is 21.6 Å². The summed E-state index contributed by atoms with van der Waals surface area (Å²) < 4.78 is 27.4. The smallest absolute Gasteiger partial charge is 0.243 e. The van der Waals surface area contributed by atoms with Crippen LogP contribution in [0.1, 0.15) is 19.3 Å². The maximum atomic E-state index is 12.9. The van der Waals surface area contributed by atoms with E-state index in [9.17, 15) is 13.2 Å². The summed E-state index contributed by atoms with van der Waals surface area (Å²) in [5, 5.41) is 5.97. The normalized spacial score (nSPS) is 23.3. The first-order valence-electron chi connectivity index (χ1n) is 8.80. The molecule has 2 aliphatic rings. The Balaban J connectivity index is 1.74. The lowest BCUT2D eigenvalue weighted by atomic mass is 10.2. The van der Waals surface area contributed by atoms with E-state index < -0.39 is 10.0 Å². The van der Waals surface area contributed by atoms with Gasteiger partial charge in [0.05, 0.1) is 10.9 Å². The second-order valence-electron chi connectivity index (χ2n) is 6.73. The van der Waals surface area contributed by atoms with Gasteiger partial charge < -0.3 is 15.5 Å². The molecule has 1 unspecified atom stereocenters. The van der Waals surface area contributed by atoms with Crippen LogP contribution in [0.4, 0.5) is 5.69 Å². The molecule has 25 heavy (non-hydrogen) atoms. The largest absolute Gasteiger partial charge is 0.325 e. The summed E-state index contributed by atoms with van der Waals surface area (Å²) in [4.78, 5) is 14.6. The highest BCUT2D eigenvalue weighted by Gasteiger charge is 2.27. The van der Waals surface area contributed by atoms with E-state index in [-0.39, 0.29) is 16.8 Å². The van der Waals surface area contributed by atoms with Crippen LogP contribution < -0.4 is 10.6 Å². The number of anilines is 1. The third-order valence-corrected chi connectivity index (χ3v) is 6.69. The molecule has 7 nitrogen and oxygen atoms in total. The van der Waals surface area contributed by atoms with Crippen molar-refractivity contribution in [1.82, 2.24) is 14.5 Å². The van der Waals surface area contributed by atoms with Gasteiger partial charge in [-0.25, -0.2) is 8.42 Å². The number of amides is 1. The first-order chi connectivity index (χ1) is 12.0. The summed E-state index contributed by atoms with van der Waals surface area (Å²) in [7, 11) is -1.54. The maximum absolute atomic E-state index is 12.9. The third-order valence-electron chi connectivity index (χ3n) is 4.79. The highest BCUT2D eigenvalue weighted by Crippen LogP contribution is 2.21. The number of rotatable bonds is 4. The van der Waals surface area contributed by atoms with Crippen molar-refractivity contribution in [3.05, 3.63) is 24.3 Å². The number of likely N-dealkylation sites (N-methyl/N-ethyl adjacent to an activating group) is 1. The maximum Gasteiger partial charge on any atom is 0.243 e. The molecule has 0 saturated carbocycles. The molecule has 2 N–H and O–H groups in total. The van der Waals surface area contributed by atoms with Gasteiger partial charge in [-0.05, 0) is 57.6 Å². The fourth-order valence-electron chi connectivity index (χ4n) is 3.28. The molecule has 2 heterocycles. The molecule has 138 valence electrons. The van der Waals surface area contributed by atoms with E-state index in [1.165, 1.54) is 4.31 Å². The second kappa shape index (κ2) is 7.82. The Hall–Kier alpha value is -1.48. The lowest BCUT2D eigenvalue weighted by Crippen LogP contribution is -2.36. The fraction of sp³-hybridized carbons (Fsp3) is 0.588. The Labute approximate surface area is 149 Å². The number of hydrogen-bond acceptors (Lipinski definition) is 5. The number of carbonyl (C=O) groups is 1. The van der Waals surface area contributed by atoms with Gasteiger partial charge in [0, 0.05) is 25.3 Å². The van der Waals surface area contributed by atoms with Gasteiger partial charge in [-0.15, -0.1) is 0 Å². The van der Waals surface area contributed by atoms with Crippen LogP contribution in [0, 0.1) is 0 Å². The summed E-state index contributed by atoms with van der Waals surface area (Å²) in [6.45, 7) is 3.48. The predicted octanol–water partition coefficient (Wildman–Crippen LogP) is 0.703. The van der Waals surface area contributed by atoms with E-state index in [2.05, 4.69) is 15.5 Å². The fourth-order valence-corrected chi connectivity index (χ4v) is 4.80. The zero-order chi connectivity index (χ0) is 17.9. The van der Waals surface area contributed by atoms with Crippen molar-refractivity contribution in [2.45, 2.75) is 30.2 Å². The molecular formula is C17H26N4O3S. The molecule has 1 amide bonds. The topological polar surface area (TPSA) is 81.8 Å². The van der Waals surface area contributed by atoms with Gasteiger partial charge in [0.2, 0.25) is 15.9 Å². The first-order valence-corrected chi connectivity index (χ1v) is 10.2. The Bertz CT molecular complexity index is 716. The summed E-state index contributed by atoms with van der Waals surface area (Å²) in [6.07, 6.45) is 2.61. The molecule has 0 aliphatic carbocycles. The molecular weight excluding hydrogens is 340 g/mol.